The van der Waals surface area contributed by atoms with E-state index in [1.807, 2.05) is 24.3 Å². The number of ketones is 1. The van der Waals surface area contributed by atoms with Crippen molar-refractivity contribution in [1.82, 2.24) is 5.32 Å². The number of Topliss-reactive ketones (excluding diaryl/α,β-unsaturated/α-hetero) is 1. The molecular weight excluding hydrogens is 432 g/mol. The average molecular weight is 461 g/mol. The summed E-state index contributed by atoms with van der Waals surface area (Å²) in [5.74, 6) is -0.228. The first kappa shape index (κ1) is 23.6. The molecule has 176 valence electrons. The minimum atomic E-state index is -1.15. The Morgan fingerprint density at radius 1 is 0.912 bits per heavy atom. The van der Waals surface area contributed by atoms with Crippen LogP contribution >= 0.6 is 0 Å². The first-order valence-electron chi connectivity index (χ1n) is 11.3. The van der Waals surface area contributed by atoms with E-state index in [0.717, 1.165) is 22.3 Å². The molecule has 7 nitrogen and oxygen atoms in total. The second kappa shape index (κ2) is 10.6. The molecule has 1 amide bonds. The monoisotopic (exact) mass is 460 g/mol. The van der Waals surface area contributed by atoms with E-state index in [0.29, 0.717) is 11.1 Å². The molecule has 0 saturated heterocycles. The molecule has 1 aliphatic carbocycles. The second-order valence-electron chi connectivity index (χ2n) is 8.30. The normalized spacial score (nSPS) is 14.1. The standard InChI is InChI=1S/C27H28N2O5/c28-15-25(31)17-9-11-18(12-10-17)26(32)24(30)13-14-29-27(33)34-16-23-21-7-3-1-5-19(21)20-6-2-4-8-22(20)23/h1-12,23-24,26,30,32H,13-16,28H2,(H,29,33). The number of nitrogens with one attached hydrogen (secondary N) is 1. The summed E-state index contributed by atoms with van der Waals surface area (Å²) < 4.78 is 5.48. The van der Waals surface area contributed by atoms with Gasteiger partial charge in [-0.25, -0.2) is 4.79 Å². The lowest BCUT2D eigenvalue weighted by Gasteiger charge is -2.19. The minimum absolute atomic E-state index is 0.0281. The fourth-order valence-corrected chi connectivity index (χ4v) is 4.34. The topological polar surface area (TPSA) is 122 Å². The Morgan fingerprint density at radius 3 is 2.09 bits per heavy atom. The fraction of sp³-hybridized carbons (Fsp3) is 0.259. The summed E-state index contributed by atoms with van der Waals surface area (Å²) in [7, 11) is 0. The van der Waals surface area contributed by atoms with Crippen LogP contribution in [0.2, 0.25) is 0 Å². The van der Waals surface area contributed by atoms with Gasteiger partial charge in [-0.05, 0) is 34.2 Å². The van der Waals surface area contributed by atoms with E-state index in [2.05, 4.69) is 29.6 Å². The Bertz CT molecular complexity index is 1120. The smallest absolute Gasteiger partial charge is 0.407 e. The molecule has 2 unspecified atom stereocenters. The number of nitrogens with two attached hydrogens (primary N) is 1. The van der Waals surface area contributed by atoms with Crippen LogP contribution in [0.3, 0.4) is 0 Å². The highest BCUT2D eigenvalue weighted by Gasteiger charge is 2.29. The van der Waals surface area contributed by atoms with Gasteiger partial charge in [0.25, 0.3) is 0 Å². The quantitative estimate of drug-likeness (QED) is 0.364. The summed E-state index contributed by atoms with van der Waals surface area (Å²) in [6, 6.07) is 22.5. The predicted octanol–water partition coefficient (Wildman–Crippen LogP) is 3.15. The molecule has 0 saturated carbocycles. The van der Waals surface area contributed by atoms with Crippen molar-refractivity contribution in [3.05, 3.63) is 95.1 Å². The molecule has 1 aliphatic rings. The van der Waals surface area contributed by atoms with Gasteiger partial charge in [0.2, 0.25) is 0 Å². The van der Waals surface area contributed by atoms with Crippen LogP contribution in [-0.2, 0) is 4.74 Å². The average Bonchev–Trinajstić information content (AvgIpc) is 3.20. The Balaban J connectivity index is 1.26. The molecule has 3 aromatic carbocycles. The third-order valence-corrected chi connectivity index (χ3v) is 6.18. The lowest BCUT2D eigenvalue weighted by molar-refractivity contribution is 0.0136. The maximum atomic E-state index is 12.3. The maximum absolute atomic E-state index is 12.3. The van der Waals surface area contributed by atoms with Crippen molar-refractivity contribution in [2.24, 2.45) is 5.73 Å². The van der Waals surface area contributed by atoms with Crippen molar-refractivity contribution in [3.8, 4) is 11.1 Å². The van der Waals surface area contributed by atoms with Crippen molar-refractivity contribution >= 4 is 11.9 Å². The number of rotatable bonds is 9. The molecular formula is C27H28N2O5. The molecule has 2 atom stereocenters. The van der Waals surface area contributed by atoms with E-state index in [1.54, 1.807) is 24.3 Å². The second-order valence-corrected chi connectivity index (χ2v) is 8.30. The molecule has 34 heavy (non-hydrogen) atoms. The Hall–Kier alpha value is -3.52. The third-order valence-electron chi connectivity index (χ3n) is 6.18. The molecule has 0 aromatic heterocycles. The zero-order valence-electron chi connectivity index (χ0n) is 18.7. The number of carbonyl (C=O) groups excluding carboxylic acids is 2. The van der Waals surface area contributed by atoms with E-state index >= 15 is 0 Å². The van der Waals surface area contributed by atoms with Gasteiger partial charge in [0, 0.05) is 18.0 Å². The first-order chi connectivity index (χ1) is 16.5. The summed E-state index contributed by atoms with van der Waals surface area (Å²) in [5.41, 5.74) is 10.8. The van der Waals surface area contributed by atoms with Gasteiger partial charge in [-0.2, -0.15) is 0 Å². The van der Waals surface area contributed by atoms with Crippen molar-refractivity contribution < 1.29 is 24.5 Å². The number of alkyl carbamates (subject to hydrolysis) is 1. The molecule has 0 fully saturated rings. The van der Waals surface area contributed by atoms with Crippen molar-refractivity contribution in [1.29, 1.82) is 0 Å². The van der Waals surface area contributed by atoms with Gasteiger partial charge >= 0.3 is 6.09 Å². The lowest BCUT2D eigenvalue weighted by atomic mass is 9.98. The summed E-state index contributed by atoms with van der Waals surface area (Å²) in [5, 5.41) is 23.3. The number of amides is 1. The van der Waals surface area contributed by atoms with Crippen LogP contribution in [0.1, 0.15) is 45.5 Å². The summed E-state index contributed by atoms with van der Waals surface area (Å²) in [6.45, 7) is 0.254. The van der Waals surface area contributed by atoms with E-state index in [1.165, 1.54) is 0 Å². The molecule has 0 bridgehead atoms. The zero-order valence-corrected chi connectivity index (χ0v) is 18.7. The van der Waals surface area contributed by atoms with Gasteiger partial charge in [-0.1, -0.05) is 72.8 Å². The highest BCUT2D eigenvalue weighted by molar-refractivity contribution is 5.97. The number of fused-ring (bicyclic) bond motifs is 3. The SMILES string of the molecule is NCC(=O)c1ccc(C(O)C(O)CCNC(=O)OCC2c3ccccc3-c3ccccc32)cc1. The van der Waals surface area contributed by atoms with E-state index < -0.39 is 18.3 Å². The molecule has 3 aromatic rings. The highest BCUT2D eigenvalue weighted by Crippen LogP contribution is 2.44. The van der Waals surface area contributed by atoms with Crippen LogP contribution < -0.4 is 11.1 Å². The van der Waals surface area contributed by atoms with E-state index in [9.17, 15) is 19.8 Å². The number of carbonyl (C=O) groups is 2. The molecule has 0 aliphatic heterocycles. The van der Waals surface area contributed by atoms with Crippen LogP contribution in [0, 0.1) is 0 Å². The Labute approximate surface area is 198 Å². The third kappa shape index (κ3) is 5.02. The molecule has 4 rings (SSSR count). The van der Waals surface area contributed by atoms with Gasteiger partial charge in [0.15, 0.2) is 5.78 Å². The Morgan fingerprint density at radius 2 is 1.50 bits per heavy atom. The van der Waals surface area contributed by atoms with Gasteiger partial charge < -0.3 is 26.0 Å². The van der Waals surface area contributed by atoms with Crippen LogP contribution in [0.25, 0.3) is 11.1 Å². The van der Waals surface area contributed by atoms with Crippen LogP contribution in [0.5, 0.6) is 0 Å². The van der Waals surface area contributed by atoms with Gasteiger partial charge in [0.1, 0.15) is 12.7 Å². The molecule has 0 heterocycles. The van der Waals surface area contributed by atoms with E-state index in [4.69, 9.17) is 10.5 Å². The largest absolute Gasteiger partial charge is 0.449 e. The molecule has 7 heteroatoms. The van der Waals surface area contributed by atoms with Crippen LogP contribution in [0.15, 0.2) is 72.8 Å². The zero-order chi connectivity index (χ0) is 24.1. The van der Waals surface area contributed by atoms with E-state index in [-0.39, 0.29) is 37.8 Å². The van der Waals surface area contributed by atoms with Gasteiger partial charge in [-0.3, -0.25) is 4.79 Å². The minimum Gasteiger partial charge on any atom is -0.449 e. The summed E-state index contributed by atoms with van der Waals surface area (Å²) >= 11 is 0. The maximum Gasteiger partial charge on any atom is 0.407 e. The van der Waals surface area contributed by atoms with Crippen molar-refractivity contribution in [2.45, 2.75) is 24.5 Å². The fourth-order valence-electron chi connectivity index (χ4n) is 4.34. The number of ether oxygens (including phenoxy) is 1. The number of hydrogen-bond acceptors (Lipinski definition) is 6. The number of aliphatic hydroxyl groups is 2. The molecule has 0 spiro atoms. The van der Waals surface area contributed by atoms with Gasteiger partial charge in [0.05, 0.1) is 12.6 Å². The molecule has 0 radical (unpaired) electrons. The predicted molar refractivity (Wildman–Crippen MR) is 128 cm³/mol. The molecule has 5 N–H and O–H groups in total. The summed E-state index contributed by atoms with van der Waals surface area (Å²) in [6.07, 6.45) is -2.68. The van der Waals surface area contributed by atoms with Crippen molar-refractivity contribution in [3.63, 3.8) is 0 Å². The Kier molecular flexibility index (Phi) is 7.37. The highest BCUT2D eigenvalue weighted by atomic mass is 16.5. The van der Waals surface area contributed by atoms with Gasteiger partial charge in [-0.15, -0.1) is 0 Å². The summed E-state index contributed by atoms with van der Waals surface area (Å²) in [4.78, 5) is 23.9. The number of benzene rings is 3. The first-order valence-corrected chi connectivity index (χ1v) is 11.3. The number of hydrogen-bond donors (Lipinski definition) is 4. The lowest BCUT2D eigenvalue weighted by Crippen LogP contribution is -2.30. The van der Waals surface area contributed by atoms with Crippen molar-refractivity contribution in [2.75, 3.05) is 19.7 Å². The number of aliphatic hydroxyl groups excluding tert-OH is 2. The van der Waals surface area contributed by atoms with Crippen LogP contribution in [-0.4, -0.2) is 47.9 Å². The van der Waals surface area contributed by atoms with Crippen LogP contribution in [0.4, 0.5) is 4.79 Å².